The van der Waals surface area contributed by atoms with Gasteiger partial charge in [0.25, 0.3) is 0 Å². The number of hydrogen-bond donors (Lipinski definition) is 0. The molecule has 0 saturated heterocycles. The summed E-state index contributed by atoms with van der Waals surface area (Å²) in [4.78, 5) is 9.49. The lowest BCUT2D eigenvalue weighted by Gasteiger charge is -2.10. The van der Waals surface area contributed by atoms with Gasteiger partial charge in [-0.3, -0.25) is 0 Å². The summed E-state index contributed by atoms with van der Waals surface area (Å²) < 4.78 is 7.47. The molecule has 0 aliphatic heterocycles. The molecule has 0 spiro atoms. The van der Waals surface area contributed by atoms with Crippen LogP contribution in [0.15, 0.2) is 170 Å². The molecule has 238 valence electrons. The number of benzene rings is 7. The summed E-state index contributed by atoms with van der Waals surface area (Å²) in [6.45, 7) is 0. The standard InChI is InChI=1S/C46H28N4S/c1-3-11-29(12-4-1)46-47-27-31(28-48-46)30-19-21-37-41(25-30)49(32-13-5-2-6-14-32)39-23-24-40-44(45(37)39)36-16-7-9-17-38(36)50(40)33-20-22-35-34-15-8-10-18-42(34)51-43(35)26-33/h1-28H. The largest absolute Gasteiger partial charge is 0.309 e. The van der Waals surface area contributed by atoms with Gasteiger partial charge in [0.2, 0.25) is 0 Å². The molecular weight excluding hydrogens is 641 g/mol. The van der Waals surface area contributed by atoms with Gasteiger partial charge in [0, 0.05) is 76.6 Å². The molecule has 51 heavy (non-hydrogen) atoms. The minimum absolute atomic E-state index is 0.726. The van der Waals surface area contributed by atoms with Crippen LogP contribution in [0.5, 0.6) is 0 Å². The molecule has 5 heteroatoms. The van der Waals surface area contributed by atoms with Crippen molar-refractivity contribution in [2.75, 3.05) is 0 Å². The third-order valence-corrected chi connectivity index (χ3v) is 11.4. The summed E-state index contributed by atoms with van der Waals surface area (Å²) in [5.41, 5.74) is 10.1. The van der Waals surface area contributed by atoms with Crippen molar-refractivity contribution in [1.29, 1.82) is 0 Å². The highest BCUT2D eigenvalue weighted by molar-refractivity contribution is 7.25. The first-order valence-electron chi connectivity index (χ1n) is 17.2. The van der Waals surface area contributed by atoms with Gasteiger partial charge >= 0.3 is 0 Å². The predicted octanol–water partition coefficient (Wildman–Crippen LogP) is 12.4. The maximum atomic E-state index is 4.75. The normalized spacial score (nSPS) is 11.9. The number of nitrogens with zero attached hydrogens (tertiary/aromatic N) is 4. The van der Waals surface area contributed by atoms with E-state index in [1.54, 1.807) is 0 Å². The first kappa shape index (κ1) is 28.3. The third kappa shape index (κ3) is 4.25. The minimum Gasteiger partial charge on any atom is -0.309 e. The van der Waals surface area contributed by atoms with Crippen LogP contribution in [0.2, 0.25) is 0 Å². The Balaban J connectivity index is 1.17. The van der Waals surface area contributed by atoms with E-state index in [0.29, 0.717) is 0 Å². The summed E-state index contributed by atoms with van der Waals surface area (Å²) in [5.74, 6) is 0.726. The first-order chi connectivity index (χ1) is 25.3. The molecule has 0 fully saturated rings. The third-order valence-electron chi connectivity index (χ3n) is 10.2. The van der Waals surface area contributed by atoms with E-state index < -0.39 is 0 Å². The minimum atomic E-state index is 0.726. The van der Waals surface area contributed by atoms with Crippen molar-refractivity contribution in [2.45, 2.75) is 0 Å². The average Bonchev–Trinajstić information content (AvgIpc) is 3.85. The SMILES string of the molecule is c1ccc(-c2ncc(-c3ccc4c5c6c7ccccc7n(-c7ccc8c(c7)sc7ccccc78)c6ccc5n(-c5ccccc5)c4c3)cn2)cc1. The Morgan fingerprint density at radius 1 is 0.373 bits per heavy atom. The van der Waals surface area contributed by atoms with E-state index in [-0.39, 0.29) is 0 Å². The van der Waals surface area contributed by atoms with Crippen LogP contribution in [0.3, 0.4) is 0 Å². The lowest BCUT2D eigenvalue weighted by atomic mass is 10.0. The van der Waals surface area contributed by atoms with Crippen LogP contribution in [-0.2, 0) is 0 Å². The molecule has 0 amide bonds. The zero-order valence-electron chi connectivity index (χ0n) is 27.4. The van der Waals surface area contributed by atoms with Gasteiger partial charge in [-0.15, -0.1) is 11.3 Å². The van der Waals surface area contributed by atoms with E-state index in [4.69, 9.17) is 9.97 Å². The molecule has 0 saturated carbocycles. The molecule has 4 aromatic heterocycles. The molecule has 0 N–H and O–H groups in total. The number of para-hydroxylation sites is 2. The lowest BCUT2D eigenvalue weighted by Crippen LogP contribution is -1.95. The Bertz CT molecular complexity index is 3120. The molecule has 0 aliphatic carbocycles. The van der Waals surface area contributed by atoms with Gasteiger partial charge in [-0.25, -0.2) is 9.97 Å². The van der Waals surface area contributed by atoms with Crippen molar-refractivity contribution in [3.05, 3.63) is 170 Å². The number of hydrogen-bond acceptors (Lipinski definition) is 3. The Morgan fingerprint density at radius 2 is 0.980 bits per heavy atom. The van der Waals surface area contributed by atoms with Gasteiger partial charge in [-0.2, -0.15) is 0 Å². The molecular formula is C46H28N4S. The summed E-state index contributed by atoms with van der Waals surface area (Å²) >= 11 is 1.86. The highest BCUT2D eigenvalue weighted by Gasteiger charge is 2.21. The number of fused-ring (bicyclic) bond motifs is 10. The van der Waals surface area contributed by atoms with Gasteiger partial charge in [0.15, 0.2) is 5.82 Å². The zero-order valence-corrected chi connectivity index (χ0v) is 28.2. The maximum Gasteiger partial charge on any atom is 0.159 e. The fraction of sp³-hybridized carbons (Fsp3) is 0. The van der Waals surface area contributed by atoms with Crippen LogP contribution in [0.1, 0.15) is 0 Å². The Kier molecular flexibility index (Phi) is 6.09. The molecule has 11 rings (SSSR count). The van der Waals surface area contributed by atoms with Crippen molar-refractivity contribution >= 4 is 75.1 Å². The molecule has 0 bridgehead atoms. The van der Waals surface area contributed by atoms with Crippen molar-refractivity contribution in [3.63, 3.8) is 0 Å². The molecule has 0 aliphatic rings. The molecule has 4 heterocycles. The van der Waals surface area contributed by atoms with Crippen LogP contribution in [-0.4, -0.2) is 19.1 Å². The molecule has 0 radical (unpaired) electrons. The summed E-state index contributed by atoms with van der Waals surface area (Å²) in [7, 11) is 0. The molecule has 4 nitrogen and oxygen atoms in total. The van der Waals surface area contributed by atoms with Gasteiger partial charge in [0.05, 0.1) is 22.1 Å². The number of thiophene rings is 1. The van der Waals surface area contributed by atoms with Crippen LogP contribution < -0.4 is 0 Å². The van der Waals surface area contributed by atoms with E-state index in [2.05, 4.69) is 137 Å². The Hall–Kier alpha value is -6.56. The van der Waals surface area contributed by atoms with Gasteiger partial charge in [-0.1, -0.05) is 103 Å². The summed E-state index contributed by atoms with van der Waals surface area (Å²) in [6, 6.07) is 56.7. The Labute approximate surface area is 297 Å². The Morgan fingerprint density at radius 3 is 1.76 bits per heavy atom. The van der Waals surface area contributed by atoms with Crippen LogP contribution in [0.4, 0.5) is 0 Å². The van der Waals surface area contributed by atoms with Crippen molar-refractivity contribution in [2.24, 2.45) is 0 Å². The fourth-order valence-electron chi connectivity index (χ4n) is 7.95. The van der Waals surface area contributed by atoms with Crippen LogP contribution in [0.25, 0.3) is 97.7 Å². The van der Waals surface area contributed by atoms with E-state index in [1.165, 1.54) is 64.0 Å². The number of aromatic nitrogens is 4. The monoisotopic (exact) mass is 668 g/mol. The zero-order chi connectivity index (χ0) is 33.5. The summed E-state index contributed by atoms with van der Waals surface area (Å²) in [6.07, 6.45) is 3.87. The summed E-state index contributed by atoms with van der Waals surface area (Å²) in [5, 5.41) is 7.61. The fourth-order valence-corrected chi connectivity index (χ4v) is 9.09. The highest BCUT2D eigenvalue weighted by atomic mass is 32.1. The predicted molar refractivity (Wildman–Crippen MR) is 214 cm³/mol. The van der Waals surface area contributed by atoms with Crippen molar-refractivity contribution < 1.29 is 0 Å². The van der Waals surface area contributed by atoms with Gasteiger partial charge in [0.1, 0.15) is 0 Å². The molecule has 11 aromatic rings. The smallest absolute Gasteiger partial charge is 0.159 e. The van der Waals surface area contributed by atoms with E-state index in [9.17, 15) is 0 Å². The highest BCUT2D eigenvalue weighted by Crippen LogP contribution is 2.44. The van der Waals surface area contributed by atoms with Crippen molar-refractivity contribution in [1.82, 2.24) is 19.1 Å². The quantitative estimate of drug-likeness (QED) is 0.187. The van der Waals surface area contributed by atoms with Crippen LogP contribution >= 0.6 is 11.3 Å². The maximum absolute atomic E-state index is 4.75. The molecule has 0 unspecified atom stereocenters. The van der Waals surface area contributed by atoms with E-state index in [0.717, 1.165) is 33.7 Å². The van der Waals surface area contributed by atoms with Gasteiger partial charge < -0.3 is 9.13 Å². The van der Waals surface area contributed by atoms with E-state index >= 15 is 0 Å². The molecule has 7 aromatic carbocycles. The second kappa shape index (κ2) is 11.0. The lowest BCUT2D eigenvalue weighted by molar-refractivity contribution is 1.17. The van der Waals surface area contributed by atoms with Gasteiger partial charge in [-0.05, 0) is 60.2 Å². The van der Waals surface area contributed by atoms with E-state index in [1.807, 2.05) is 54.1 Å². The van der Waals surface area contributed by atoms with Crippen molar-refractivity contribution in [3.8, 4) is 33.9 Å². The molecule has 0 atom stereocenters. The van der Waals surface area contributed by atoms with Crippen LogP contribution in [0, 0.1) is 0 Å². The topological polar surface area (TPSA) is 35.6 Å². The second-order valence-electron chi connectivity index (χ2n) is 13.0. The second-order valence-corrected chi connectivity index (χ2v) is 14.1. The average molecular weight is 669 g/mol. The first-order valence-corrected chi connectivity index (χ1v) is 18.0. The number of rotatable bonds is 4.